The summed E-state index contributed by atoms with van der Waals surface area (Å²) in [7, 11) is 0. The fourth-order valence-electron chi connectivity index (χ4n) is 0. The van der Waals surface area contributed by atoms with Gasteiger partial charge in [-0.3, -0.25) is 6.42 Å². The first kappa shape index (κ1) is 8.88. The van der Waals surface area contributed by atoms with Gasteiger partial charge in [0.05, 0.1) is 0 Å². The molecule has 1 nitrogen and oxygen atoms in total. The van der Waals surface area contributed by atoms with Crippen LogP contribution in [0.3, 0.4) is 0 Å². The molecule has 0 N–H and O–H groups in total. The molecule has 0 saturated carbocycles. The zero-order valence-electron chi connectivity index (χ0n) is 3.52. The van der Waals surface area contributed by atoms with Crippen LogP contribution in [0.1, 0.15) is 6.92 Å². The van der Waals surface area contributed by atoms with Gasteiger partial charge in [-0.2, -0.15) is 6.92 Å². The van der Waals surface area contributed by atoms with E-state index in [-0.39, 0.29) is 18.9 Å². The monoisotopic (exact) mass is 61.1 g/mol. The van der Waals surface area contributed by atoms with Crippen LogP contribution in [-0.2, 0) is 0 Å². The summed E-state index contributed by atoms with van der Waals surface area (Å²) in [6.45, 7) is 1.69. The second-order valence-corrected chi connectivity index (χ2v) is 0.418. The fraction of sp³-hybridized carbons (Fsp3) is 0.333. The van der Waals surface area contributed by atoms with Crippen molar-refractivity contribution < 1.29 is 18.9 Å². The van der Waals surface area contributed by atoms with Crippen LogP contribution in [-0.4, -0.2) is 0 Å². The standard InChI is InChI=1S/C3H4N.Li/c1-2-3-4;/h2H,1H3;/q-1;+1. The van der Waals surface area contributed by atoms with Crippen molar-refractivity contribution in [2.45, 2.75) is 6.92 Å². The summed E-state index contributed by atoms with van der Waals surface area (Å²) in [5.74, 6) is 0. The number of rotatable bonds is 0. The summed E-state index contributed by atoms with van der Waals surface area (Å²) in [4.78, 5) is 0. The van der Waals surface area contributed by atoms with Crippen molar-refractivity contribution in [3.05, 3.63) is 6.42 Å². The third kappa shape index (κ3) is 16.5. The van der Waals surface area contributed by atoms with E-state index in [1.165, 1.54) is 6.42 Å². The van der Waals surface area contributed by atoms with E-state index in [1.54, 1.807) is 13.0 Å². The Kier molecular flexibility index (Phi) is 16.0. The molecule has 0 heterocycles. The fourth-order valence-corrected chi connectivity index (χ4v) is 0. The molecule has 0 amide bonds. The Balaban J connectivity index is 0. The Morgan fingerprint density at radius 2 is 2.00 bits per heavy atom. The Labute approximate surface area is 44.2 Å². The molecule has 0 aromatic heterocycles. The molecule has 0 rings (SSSR count). The van der Waals surface area contributed by atoms with E-state index < -0.39 is 0 Å². The van der Waals surface area contributed by atoms with Crippen molar-refractivity contribution in [2.24, 2.45) is 0 Å². The van der Waals surface area contributed by atoms with Gasteiger partial charge in [-0.05, 0) is 0 Å². The molecule has 0 atom stereocenters. The van der Waals surface area contributed by atoms with Crippen molar-refractivity contribution in [3.63, 3.8) is 0 Å². The maximum atomic E-state index is 7.57. The van der Waals surface area contributed by atoms with Crippen molar-refractivity contribution in [3.8, 4) is 6.07 Å². The van der Waals surface area contributed by atoms with Gasteiger partial charge in [0.25, 0.3) is 0 Å². The zero-order valence-corrected chi connectivity index (χ0v) is 3.52. The maximum absolute atomic E-state index is 7.57. The molecule has 0 radical (unpaired) electrons. The van der Waals surface area contributed by atoms with Gasteiger partial charge in [0, 0.05) is 0 Å². The van der Waals surface area contributed by atoms with Crippen molar-refractivity contribution in [2.75, 3.05) is 0 Å². The Bertz CT molecular complexity index is 36.6. The number of nitriles is 1. The van der Waals surface area contributed by atoms with Crippen molar-refractivity contribution in [1.82, 2.24) is 0 Å². The largest absolute Gasteiger partial charge is 1.00 e. The van der Waals surface area contributed by atoms with Crippen LogP contribution in [0.15, 0.2) is 0 Å². The molecule has 0 aromatic carbocycles. The van der Waals surface area contributed by atoms with Crippen LogP contribution < -0.4 is 18.9 Å². The van der Waals surface area contributed by atoms with E-state index in [2.05, 4.69) is 0 Å². The Morgan fingerprint density at radius 3 is 2.00 bits per heavy atom. The van der Waals surface area contributed by atoms with E-state index >= 15 is 0 Å². The van der Waals surface area contributed by atoms with E-state index in [0.717, 1.165) is 0 Å². The first-order chi connectivity index (χ1) is 1.91. The molecular formula is C3H4LiN. The van der Waals surface area contributed by atoms with E-state index in [9.17, 15) is 0 Å². The summed E-state index contributed by atoms with van der Waals surface area (Å²) < 4.78 is 0. The molecule has 0 fully saturated rings. The minimum Gasteiger partial charge on any atom is -0.294 e. The predicted octanol–water partition coefficient (Wildman–Crippen LogP) is -2.26. The van der Waals surface area contributed by atoms with Gasteiger partial charge in [-0.1, -0.05) is 0 Å². The number of nitrogens with zero attached hydrogens (tertiary/aromatic N) is 1. The zero-order chi connectivity index (χ0) is 3.41. The van der Waals surface area contributed by atoms with E-state index in [1.807, 2.05) is 0 Å². The predicted molar refractivity (Wildman–Crippen MR) is 15.6 cm³/mol. The van der Waals surface area contributed by atoms with Gasteiger partial charge in [0.2, 0.25) is 0 Å². The first-order valence-corrected chi connectivity index (χ1v) is 1.09. The van der Waals surface area contributed by atoms with Gasteiger partial charge in [0.15, 0.2) is 0 Å². The molecule has 0 spiro atoms. The molecule has 22 valence electrons. The van der Waals surface area contributed by atoms with Crippen molar-refractivity contribution >= 4 is 0 Å². The maximum Gasteiger partial charge on any atom is 1.00 e. The van der Waals surface area contributed by atoms with Crippen LogP contribution in [0.4, 0.5) is 0 Å². The quantitative estimate of drug-likeness (QED) is 0.229. The Morgan fingerprint density at radius 1 is 1.80 bits per heavy atom. The van der Waals surface area contributed by atoms with Crippen LogP contribution in [0.5, 0.6) is 0 Å². The summed E-state index contributed by atoms with van der Waals surface area (Å²) in [5, 5.41) is 7.57. The molecule has 0 unspecified atom stereocenters. The van der Waals surface area contributed by atoms with Crippen LogP contribution >= 0.6 is 0 Å². The van der Waals surface area contributed by atoms with E-state index in [0.29, 0.717) is 0 Å². The summed E-state index contributed by atoms with van der Waals surface area (Å²) >= 11 is 0. The summed E-state index contributed by atoms with van der Waals surface area (Å²) in [5.41, 5.74) is 0. The minimum atomic E-state index is 0. The minimum absolute atomic E-state index is 0. The number of hydrogen-bond acceptors (Lipinski definition) is 1. The molecule has 0 bridgehead atoms. The van der Waals surface area contributed by atoms with Gasteiger partial charge in [-0.15, -0.1) is 6.07 Å². The second kappa shape index (κ2) is 9.03. The molecule has 0 saturated heterocycles. The molecule has 5 heavy (non-hydrogen) atoms. The first-order valence-electron chi connectivity index (χ1n) is 1.09. The molecule has 2 heteroatoms. The van der Waals surface area contributed by atoms with Gasteiger partial charge < -0.3 is 0 Å². The smallest absolute Gasteiger partial charge is 0.294 e. The third-order valence-corrected chi connectivity index (χ3v) is 0.129. The number of hydrogen-bond donors (Lipinski definition) is 0. The third-order valence-electron chi connectivity index (χ3n) is 0.129. The van der Waals surface area contributed by atoms with E-state index in [4.69, 9.17) is 5.26 Å². The molecular weight excluding hydrogens is 57.0 g/mol. The average Bonchev–Trinajstić information content (AvgIpc) is 1.37. The molecule has 0 aliphatic heterocycles. The van der Waals surface area contributed by atoms with Gasteiger partial charge in [0.1, 0.15) is 0 Å². The van der Waals surface area contributed by atoms with Crippen LogP contribution in [0.2, 0.25) is 0 Å². The molecule has 0 aromatic rings. The molecule has 0 aliphatic rings. The van der Waals surface area contributed by atoms with Crippen LogP contribution in [0, 0.1) is 17.8 Å². The van der Waals surface area contributed by atoms with Crippen molar-refractivity contribution in [1.29, 1.82) is 5.26 Å². The normalized spacial score (nSPS) is 3.20. The summed E-state index contributed by atoms with van der Waals surface area (Å²) in [6.07, 6.45) is 1.43. The second-order valence-electron chi connectivity index (χ2n) is 0.418. The average molecular weight is 61.0 g/mol. The topological polar surface area (TPSA) is 23.8 Å². The molecule has 0 aliphatic carbocycles. The van der Waals surface area contributed by atoms with Gasteiger partial charge >= 0.3 is 18.9 Å². The van der Waals surface area contributed by atoms with Crippen LogP contribution in [0.25, 0.3) is 0 Å². The Hall–Kier alpha value is -0.0426. The SMILES string of the molecule is C[CH-]C#N.[Li+]. The van der Waals surface area contributed by atoms with Gasteiger partial charge in [-0.25, -0.2) is 5.26 Å². The summed E-state index contributed by atoms with van der Waals surface area (Å²) in [6, 6.07) is 1.81.